The lowest BCUT2D eigenvalue weighted by atomic mass is 10.1. The van der Waals surface area contributed by atoms with Gasteiger partial charge in [0.15, 0.2) is 0 Å². The number of nitrogens with one attached hydrogen (secondary N) is 2. The van der Waals surface area contributed by atoms with Crippen molar-refractivity contribution in [3.63, 3.8) is 0 Å². The fraction of sp³-hybridized carbons (Fsp3) is 0.300. The van der Waals surface area contributed by atoms with Crippen molar-refractivity contribution in [1.82, 2.24) is 24.5 Å². The summed E-state index contributed by atoms with van der Waals surface area (Å²) < 4.78 is 7.27. The molecule has 11 nitrogen and oxygen atoms in total. The van der Waals surface area contributed by atoms with Crippen LogP contribution in [-0.4, -0.2) is 76.7 Å². The fourth-order valence-electron chi connectivity index (χ4n) is 4.31. The van der Waals surface area contributed by atoms with Gasteiger partial charge >= 0.3 is 5.97 Å². The summed E-state index contributed by atoms with van der Waals surface area (Å²) in [6.07, 6.45) is 4.00. The van der Waals surface area contributed by atoms with Crippen LogP contribution in [0.25, 0.3) is 16.8 Å². The Morgan fingerprint density at radius 2 is 1.93 bits per heavy atom. The third-order valence-corrected chi connectivity index (χ3v) is 6.70. The van der Waals surface area contributed by atoms with E-state index in [2.05, 4.69) is 32.2 Å². The van der Waals surface area contributed by atoms with Crippen molar-refractivity contribution in [3.8, 4) is 11.3 Å². The second kappa shape index (κ2) is 13.0. The van der Waals surface area contributed by atoms with Gasteiger partial charge in [0.05, 0.1) is 39.4 Å². The highest BCUT2D eigenvalue weighted by atomic mass is 35.5. The smallest absolute Gasteiger partial charge is 0.342 e. The Labute approximate surface area is 250 Å². The van der Waals surface area contributed by atoms with E-state index >= 15 is 0 Å². The van der Waals surface area contributed by atoms with E-state index in [9.17, 15) is 9.59 Å². The molecule has 1 amide bonds. The zero-order valence-corrected chi connectivity index (χ0v) is 25.4. The number of hydrogen-bond donors (Lipinski definition) is 2. The number of nitrogens with zero attached hydrogens (tertiary/aromatic N) is 6. The summed E-state index contributed by atoms with van der Waals surface area (Å²) >= 11 is 6.73. The van der Waals surface area contributed by atoms with Crippen molar-refractivity contribution in [2.75, 3.05) is 49.8 Å². The summed E-state index contributed by atoms with van der Waals surface area (Å²) in [6.45, 7) is 10.5. The van der Waals surface area contributed by atoms with Gasteiger partial charge in [-0.05, 0) is 71.3 Å². The second-order valence-electron chi connectivity index (χ2n) is 10.3. The lowest BCUT2D eigenvalue weighted by Crippen LogP contribution is -2.29. The second-order valence-corrected chi connectivity index (χ2v) is 10.7. The normalized spacial score (nSPS) is 11.2. The number of likely N-dealkylation sites (N-methyl/N-ethyl adjacent to an activating group) is 2. The van der Waals surface area contributed by atoms with Crippen LogP contribution in [0.4, 0.5) is 23.0 Å². The fourth-order valence-corrected chi connectivity index (χ4v) is 4.52. The van der Waals surface area contributed by atoms with Gasteiger partial charge in [-0.3, -0.25) is 4.79 Å². The first-order valence-electron chi connectivity index (χ1n) is 13.4. The summed E-state index contributed by atoms with van der Waals surface area (Å²) in [4.78, 5) is 38.6. The third-order valence-electron chi connectivity index (χ3n) is 6.39. The van der Waals surface area contributed by atoms with Gasteiger partial charge in [-0.25, -0.2) is 19.3 Å². The summed E-state index contributed by atoms with van der Waals surface area (Å²) in [6, 6.07) is 9.12. The predicted molar refractivity (Wildman–Crippen MR) is 167 cm³/mol. The molecule has 220 valence electrons. The van der Waals surface area contributed by atoms with Crippen molar-refractivity contribution >= 4 is 52.0 Å². The largest absolute Gasteiger partial charge is 0.459 e. The summed E-state index contributed by atoms with van der Waals surface area (Å²) in [5, 5.41) is 10.8. The quantitative estimate of drug-likeness (QED) is 0.180. The number of aryl methyl sites for hydroxylation is 1. The highest BCUT2D eigenvalue weighted by molar-refractivity contribution is 6.34. The van der Waals surface area contributed by atoms with E-state index in [0.717, 1.165) is 23.4 Å². The Morgan fingerprint density at radius 3 is 2.62 bits per heavy atom. The van der Waals surface area contributed by atoms with Crippen molar-refractivity contribution < 1.29 is 14.3 Å². The molecule has 0 radical (unpaired) electrons. The third kappa shape index (κ3) is 6.87. The van der Waals surface area contributed by atoms with E-state index in [0.29, 0.717) is 34.2 Å². The molecule has 4 rings (SSSR count). The van der Waals surface area contributed by atoms with Gasteiger partial charge in [0.25, 0.3) is 0 Å². The van der Waals surface area contributed by atoms with Crippen LogP contribution < -0.4 is 15.5 Å². The Hall–Kier alpha value is -4.48. The number of ether oxygens (including phenoxy) is 1. The number of carbonyl (C=O) groups excluding carboxylic acids is 2. The van der Waals surface area contributed by atoms with Crippen molar-refractivity contribution in [2.24, 2.45) is 0 Å². The molecule has 0 aliphatic heterocycles. The number of halogens is 1. The summed E-state index contributed by atoms with van der Waals surface area (Å²) in [5.41, 5.74) is 4.67. The number of aromatic nitrogens is 4. The van der Waals surface area contributed by atoms with E-state index in [1.165, 1.54) is 12.3 Å². The van der Waals surface area contributed by atoms with Gasteiger partial charge in [0.1, 0.15) is 5.56 Å². The molecule has 0 bridgehead atoms. The Balaban J connectivity index is 1.79. The average Bonchev–Trinajstić information content (AvgIpc) is 3.29. The number of rotatable bonds is 11. The average molecular weight is 591 g/mol. The molecule has 0 aliphatic carbocycles. The molecule has 3 heterocycles. The first kappa shape index (κ1) is 30.5. The number of hydrogen-bond acceptors (Lipinski definition) is 9. The lowest BCUT2D eigenvalue weighted by molar-refractivity contribution is -0.111. The highest BCUT2D eigenvalue weighted by Gasteiger charge is 2.23. The maximum atomic E-state index is 13.1. The minimum absolute atomic E-state index is 0.198. The van der Waals surface area contributed by atoms with Crippen LogP contribution in [-0.2, 0) is 9.53 Å². The molecule has 0 aliphatic rings. The predicted octanol–water partition coefficient (Wildman–Crippen LogP) is 5.18. The van der Waals surface area contributed by atoms with E-state index in [-0.39, 0.29) is 23.5 Å². The zero-order chi connectivity index (χ0) is 30.6. The lowest BCUT2D eigenvalue weighted by Gasteiger charge is -2.25. The molecule has 1 aromatic carbocycles. The Bertz CT molecular complexity index is 1630. The molecular weight excluding hydrogens is 556 g/mol. The maximum Gasteiger partial charge on any atom is 0.342 e. The number of fused-ring (bicyclic) bond motifs is 1. The van der Waals surface area contributed by atoms with Crippen LogP contribution in [0.5, 0.6) is 0 Å². The topological polar surface area (TPSA) is 117 Å². The van der Waals surface area contributed by atoms with Crippen LogP contribution in [0.2, 0.25) is 5.02 Å². The number of anilines is 4. The molecule has 0 atom stereocenters. The van der Waals surface area contributed by atoms with Crippen LogP contribution in [0, 0.1) is 6.92 Å². The van der Waals surface area contributed by atoms with E-state index in [1.807, 2.05) is 51.2 Å². The van der Waals surface area contributed by atoms with Gasteiger partial charge in [-0.15, -0.1) is 0 Å². The standard InChI is InChI=1S/C30H35ClN8O3/c1-8-27(40)34-24-16-23(22(31)15-26(24)38(7)13-12-37(5)6)35-30-32-17-21(29(41)42-18(2)3)28(36-30)20-14-19(4)39-25(20)10-9-11-33-39/h8-11,14-18H,1,12-13H2,2-7H3,(H,34,40)(H,32,35,36). The Morgan fingerprint density at radius 1 is 1.17 bits per heavy atom. The van der Waals surface area contributed by atoms with Gasteiger partial charge in [0, 0.05) is 43.8 Å². The van der Waals surface area contributed by atoms with Gasteiger partial charge < -0.3 is 25.2 Å². The van der Waals surface area contributed by atoms with Gasteiger partial charge in [-0.2, -0.15) is 5.10 Å². The summed E-state index contributed by atoms with van der Waals surface area (Å²) in [5.74, 6) is -0.699. The van der Waals surface area contributed by atoms with E-state index < -0.39 is 5.97 Å². The van der Waals surface area contributed by atoms with Crippen LogP contribution in [0.3, 0.4) is 0 Å². The van der Waals surface area contributed by atoms with Gasteiger partial charge in [0.2, 0.25) is 11.9 Å². The molecule has 2 N–H and O–H groups in total. The Kier molecular flexibility index (Phi) is 9.44. The van der Waals surface area contributed by atoms with Crippen molar-refractivity contribution in [1.29, 1.82) is 0 Å². The molecular formula is C30H35ClN8O3. The van der Waals surface area contributed by atoms with Crippen LogP contribution in [0.1, 0.15) is 29.9 Å². The highest BCUT2D eigenvalue weighted by Crippen LogP contribution is 2.37. The van der Waals surface area contributed by atoms with Crippen LogP contribution in [0.15, 0.2) is 55.4 Å². The number of carbonyl (C=O) groups is 2. The first-order valence-corrected chi connectivity index (χ1v) is 13.8. The number of benzene rings is 1. The first-order chi connectivity index (χ1) is 20.0. The molecule has 0 spiro atoms. The maximum absolute atomic E-state index is 13.1. The molecule has 0 saturated carbocycles. The van der Waals surface area contributed by atoms with Crippen LogP contribution >= 0.6 is 11.6 Å². The molecule has 42 heavy (non-hydrogen) atoms. The molecule has 3 aromatic heterocycles. The zero-order valence-electron chi connectivity index (χ0n) is 24.6. The SMILES string of the molecule is C=CC(=O)Nc1cc(Nc2ncc(C(=O)OC(C)C)c(-c3cc(C)n4ncccc34)n2)c(Cl)cc1N(C)CCN(C)C. The van der Waals surface area contributed by atoms with Gasteiger partial charge in [-0.1, -0.05) is 18.2 Å². The molecule has 0 saturated heterocycles. The van der Waals surface area contributed by atoms with Crippen molar-refractivity contribution in [3.05, 3.63) is 71.7 Å². The van der Waals surface area contributed by atoms with E-state index in [4.69, 9.17) is 21.3 Å². The number of amides is 1. The monoisotopic (exact) mass is 590 g/mol. The molecule has 4 aromatic rings. The minimum atomic E-state index is -0.537. The van der Waals surface area contributed by atoms with E-state index in [1.54, 1.807) is 36.7 Å². The number of esters is 1. The minimum Gasteiger partial charge on any atom is -0.459 e. The molecule has 12 heteroatoms. The van der Waals surface area contributed by atoms with Crippen molar-refractivity contribution in [2.45, 2.75) is 26.9 Å². The molecule has 0 unspecified atom stereocenters. The summed E-state index contributed by atoms with van der Waals surface area (Å²) in [7, 11) is 5.91. The molecule has 0 fully saturated rings.